The van der Waals surface area contributed by atoms with Gasteiger partial charge in [-0.05, 0) is 42.7 Å². The highest BCUT2D eigenvalue weighted by Gasteiger charge is 2.31. The van der Waals surface area contributed by atoms with Crippen molar-refractivity contribution in [1.29, 1.82) is 0 Å². The van der Waals surface area contributed by atoms with E-state index in [0.29, 0.717) is 41.7 Å². The van der Waals surface area contributed by atoms with Gasteiger partial charge in [0.1, 0.15) is 0 Å². The highest BCUT2D eigenvalue weighted by Crippen LogP contribution is 2.31. The molecule has 9 heteroatoms. The predicted octanol–water partition coefficient (Wildman–Crippen LogP) is 4.94. The average molecular weight is 506 g/mol. The first-order chi connectivity index (χ1) is 13.3. The first-order valence-corrected chi connectivity index (χ1v) is 11.9. The predicted molar refractivity (Wildman–Crippen MR) is 116 cm³/mol. The van der Waals surface area contributed by atoms with Gasteiger partial charge in [-0.1, -0.05) is 57.3 Å². The molecule has 1 aliphatic heterocycles. The van der Waals surface area contributed by atoms with Gasteiger partial charge in [0, 0.05) is 23.5 Å². The van der Waals surface area contributed by atoms with Crippen molar-refractivity contribution in [3.05, 3.63) is 62.5 Å². The number of halogens is 3. The van der Waals surface area contributed by atoms with Gasteiger partial charge in [0.25, 0.3) is 0 Å². The summed E-state index contributed by atoms with van der Waals surface area (Å²) in [5.74, 6) is -0.498. The van der Waals surface area contributed by atoms with E-state index in [1.165, 1.54) is 4.31 Å². The third-order valence-electron chi connectivity index (χ3n) is 4.67. The van der Waals surface area contributed by atoms with Gasteiger partial charge in [0.2, 0.25) is 15.9 Å². The van der Waals surface area contributed by atoms with Crippen LogP contribution in [0.4, 0.5) is 5.69 Å². The van der Waals surface area contributed by atoms with Gasteiger partial charge >= 0.3 is 0 Å². The summed E-state index contributed by atoms with van der Waals surface area (Å²) in [5.41, 5.74) is 1.19. The molecule has 0 bridgehead atoms. The number of rotatable bonds is 5. The van der Waals surface area contributed by atoms with Crippen LogP contribution in [0.1, 0.15) is 18.4 Å². The number of piperidine rings is 1. The van der Waals surface area contributed by atoms with Crippen LogP contribution in [0.2, 0.25) is 10.0 Å². The summed E-state index contributed by atoms with van der Waals surface area (Å²) < 4.78 is 27.7. The van der Waals surface area contributed by atoms with Gasteiger partial charge in [-0.25, -0.2) is 12.7 Å². The van der Waals surface area contributed by atoms with Crippen LogP contribution in [0.15, 0.2) is 46.9 Å². The molecule has 1 fully saturated rings. The fourth-order valence-corrected chi connectivity index (χ4v) is 5.50. The van der Waals surface area contributed by atoms with E-state index >= 15 is 0 Å². The summed E-state index contributed by atoms with van der Waals surface area (Å²) >= 11 is 15.4. The van der Waals surface area contributed by atoms with Gasteiger partial charge in [0.05, 0.1) is 21.5 Å². The number of sulfonamides is 1. The fraction of sp³-hybridized carbons (Fsp3) is 0.316. The van der Waals surface area contributed by atoms with Gasteiger partial charge in [0.15, 0.2) is 0 Å². The number of anilines is 1. The van der Waals surface area contributed by atoms with Gasteiger partial charge < -0.3 is 5.32 Å². The lowest BCUT2D eigenvalue weighted by atomic mass is 9.97. The third-order valence-corrected chi connectivity index (χ3v) is 7.83. The van der Waals surface area contributed by atoms with Crippen molar-refractivity contribution in [2.24, 2.45) is 5.92 Å². The van der Waals surface area contributed by atoms with Crippen molar-refractivity contribution in [3.63, 3.8) is 0 Å². The molecule has 0 radical (unpaired) electrons. The van der Waals surface area contributed by atoms with E-state index in [9.17, 15) is 13.2 Å². The van der Waals surface area contributed by atoms with E-state index in [2.05, 4.69) is 21.2 Å². The molecule has 1 N–H and O–H groups in total. The van der Waals surface area contributed by atoms with Crippen LogP contribution >= 0.6 is 39.1 Å². The quantitative estimate of drug-likeness (QED) is 0.626. The summed E-state index contributed by atoms with van der Waals surface area (Å²) in [6.45, 7) is 0.634. The van der Waals surface area contributed by atoms with E-state index < -0.39 is 10.0 Å². The number of amides is 1. The number of carbonyl (C=O) groups is 1. The molecule has 2 aromatic carbocycles. The Morgan fingerprint density at radius 1 is 1.14 bits per heavy atom. The van der Waals surface area contributed by atoms with Crippen molar-refractivity contribution in [2.45, 2.75) is 18.6 Å². The summed E-state index contributed by atoms with van der Waals surface area (Å²) in [5, 5.41) is 3.46. The molecule has 28 heavy (non-hydrogen) atoms. The van der Waals surface area contributed by atoms with Crippen LogP contribution in [-0.4, -0.2) is 31.7 Å². The Balaban J connectivity index is 1.59. The molecular formula is C19H19BrCl2N2O3S. The third kappa shape index (κ3) is 5.27. The van der Waals surface area contributed by atoms with Crippen molar-refractivity contribution < 1.29 is 13.2 Å². The largest absolute Gasteiger partial charge is 0.324 e. The Hall–Kier alpha value is -1.12. The molecule has 0 saturated carbocycles. The molecule has 0 atom stereocenters. The lowest BCUT2D eigenvalue weighted by molar-refractivity contribution is -0.120. The summed E-state index contributed by atoms with van der Waals surface area (Å²) in [6, 6.07) is 12.3. The van der Waals surface area contributed by atoms with Crippen molar-refractivity contribution in [1.82, 2.24) is 4.31 Å². The molecule has 1 saturated heterocycles. The molecular weight excluding hydrogens is 487 g/mol. The Kier molecular flexibility index (Phi) is 7.04. The SMILES string of the molecule is O=C(Nc1cccc(Cl)c1Cl)C1CCN(S(=O)(=O)Cc2cccc(Br)c2)CC1. The van der Waals surface area contributed by atoms with E-state index in [1.807, 2.05) is 12.1 Å². The number of nitrogens with one attached hydrogen (secondary N) is 1. The summed E-state index contributed by atoms with van der Waals surface area (Å²) in [7, 11) is -3.43. The standard InChI is InChI=1S/C19H19BrCl2N2O3S/c20-15-4-1-3-13(11-15)12-28(26,27)24-9-7-14(8-10-24)19(25)23-17-6-2-5-16(21)18(17)22/h1-6,11,14H,7-10,12H2,(H,23,25). The van der Waals surface area contributed by atoms with Crippen LogP contribution in [0.25, 0.3) is 0 Å². The number of benzene rings is 2. The van der Waals surface area contributed by atoms with Crippen LogP contribution in [0.3, 0.4) is 0 Å². The first-order valence-electron chi connectivity index (χ1n) is 8.73. The van der Waals surface area contributed by atoms with E-state index in [1.54, 1.807) is 30.3 Å². The Labute approximate surface area is 183 Å². The summed E-state index contributed by atoms with van der Waals surface area (Å²) in [6.07, 6.45) is 0.920. The number of nitrogens with zero attached hydrogens (tertiary/aromatic N) is 1. The molecule has 2 aromatic rings. The van der Waals surface area contributed by atoms with Crippen LogP contribution in [0.5, 0.6) is 0 Å². The average Bonchev–Trinajstić information content (AvgIpc) is 2.65. The molecule has 0 aromatic heterocycles. The molecule has 5 nitrogen and oxygen atoms in total. The molecule has 0 spiro atoms. The summed E-state index contributed by atoms with van der Waals surface area (Å²) in [4.78, 5) is 12.5. The Morgan fingerprint density at radius 2 is 1.82 bits per heavy atom. The monoisotopic (exact) mass is 504 g/mol. The number of carbonyl (C=O) groups excluding carboxylic acids is 1. The maximum Gasteiger partial charge on any atom is 0.227 e. The zero-order chi connectivity index (χ0) is 20.3. The minimum atomic E-state index is -3.43. The molecule has 1 amide bonds. The zero-order valence-electron chi connectivity index (χ0n) is 14.9. The molecule has 1 heterocycles. The number of hydrogen-bond acceptors (Lipinski definition) is 3. The van der Waals surface area contributed by atoms with Crippen LogP contribution < -0.4 is 5.32 Å². The molecule has 0 aliphatic carbocycles. The van der Waals surface area contributed by atoms with E-state index in [0.717, 1.165) is 10.0 Å². The topological polar surface area (TPSA) is 66.5 Å². The van der Waals surface area contributed by atoms with Crippen LogP contribution in [0, 0.1) is 5.92 Å². The van der Waals surface area contributed by atoms with E-state index in [4.69, 9.17) is 23.2 Å². The van der Waals surface area contributed by atoms with Crippen LogP contribution in [-0.2, 0) is 20.6 Å². The molecule has 0 unspecified atom stereocenters. The van der Waals surface area contributed by atoms with Gasteiger partial charge in [-0.2, -0.15) is 0 Å². The minimum Gasteiger partial charge on any atom is -0.324 e. The lowest BCUT2D eigenvalue weighted by Crippen LogP contribution is -2.41. The minimum absolute atomic E-state index is 0.0541. The normalized spacial score (nSPS) is 16.1. The van der Waals surface area contributed by atoms with Crippen molar-refractivity contribution in [2.75, 3.05) is 18.4 Å². The highest BCUT2D eigenvalue weighted by atomic mass is 79.9. The first kappa shape index (κ1) is 21.6. The smallest absolute Gasteiger partial charge is 0.227 e. The molecule has 3 rings (SSSR count). The molecule has 150 valence electrons. The zero-order valence-corrected chi connectivity index (χ0v) is 18.8. The second-order valence-corrected chi connectivity index (χ2v) is 10.3. The molecule has 1 aliphatic rings. The Bertz CT molecular complexity index is 977. The second kappa shape index (κ2) is 9.13. The number of hydrogen-bond donors (Lipinski definition) is 1. The van der Waals surface area contributed by atoms with E-state index in [-0.39, 0.29) is 17.6 Å². The second-order valence-electron chi connectivity index (χ2n) is 6.65. The maximum atomic E-state index is 12.7. The lowest BCUT2D eigenvalue weighted by Gasteiger charge is -2.30. The van der Waals surface area contributed by atoms with Gasteiger partial charge in [-0.15, -0.1) is 0 Å². The Morgan fingerprint density at radius 3 is 2.50 bits per heavy atom. The maximum absolute atomic E-state index is 12.7. The van der Waals surface area contributed by atoms with Crippen molar-refractivity contribution >= 4 is 60.7 Å². The van der Waals surface area contributed by atoms with Crippen molar-refractivity contribution in [3.8, 4) is 0 Å². The fourth-order valence-electron chi connectivity index (χ4n) is 3.16. The van der Waals surface area contributed by atoms with Gasteiger partial charge in [-0.3, -0.25) is 4.79 Å². The highest BCUT2D eigenvalue weighted by molar-refractivity contribution is 9.10.